The van der Waals surface area contributed by atoms with Crippen LogP contribution in [0.15, 0.2) is 60.8 Å². The van der Waals surface area contributed by atoms with Crippen molar-refractivity contribution in [3.63, 3.8) is 0 Å². The van der Waals surface area contributed by atoms with Gasteiger partial charge in [0.25, 0.3) is 0 Å². The zero-order valence-corrected chi connectivity index (χ0v) is 8.60. The Labute approximate surface area is 87.0 Å². The predicted octanol–water partition coefficient (Wildman–Crippen LogP) is 4.34. The van der Waals surface area contributed by atoms with Crippen LogP contribution in [0.2, 0.25) is 0 Å². The second-order valence-corrected chi connectivity index (χ2v) is 3.23. The maximum Gasteiger partial charge on any atom is -0.0166 e. The average molecular weight is 186 g/mol. The van der Waals surface area contributed by atoms with E-state index in [9.17, 15) is 0 Å². The molecule has 1 aliphatic carbocycles. The first kappa shape index (κ1) is 10.8. The monoisotopic (exact) mass is 186 g/mol. The van der Waals surface area contributed by atoms with Gasteiger partial charge in [0.2, 0.25) is 0 Å². The van der Waals surface area contributed by atoms with Crippen LogP contribution in [-0.4, -0.2) is 0 Å². The summed E-state index contributed by atoms with van der Waals surface area (Å²) in [5.41, 5.74) is 0. The molecule has 0 unspecified atom stereocenters. The van der Waals surface area contributed by atoms with Crippen LogP contribution in [0.3, 0.4) is 0 Å². The first-order valence-electron chi connectivity index (χ1n) is 5.28. The Hall–Kier alpha value is -1.30. The predicted molar refractivity (Wildman–Crippen MR) is 64.2 cm³/mol. The van der Waals surface area contributed by atoms with E-state index in [1.165, 1.54) is 0 Å². The molecule has 0 saturated heterocycles. The molecule has 0 fully saturated rings. The fourth-order valence-corrected chi connectivity index (χ4v) is 1.22. The lowest BCUT2D eigenvalue weighted by molar-refractivity contribution is 1.04. The molecule has 0 nitrogen and oxygen atoms in total. The van der Waals surface area contributed by atoms with Crippen LogP contribution in [0.4, 0.5) is 0 Å². The smallest absolute Gasteiger partial charge is 0.0166 e. The van der Waals surface area contributed by atoms with Gasteiger partial charge in [-0.1, -0.05) is 60.8 Å². The molecule has 0 N–H and O–H groups in total. The molecule has 0 amide bonds. The molecule has 1 rings (SSSR count). The maximum absolute atomic E-state index is 2.25. The molecule has 14 heavy (non-hydrogen) atoms. The van der Waals surface area contributed by atoms with Gasteiger partial charge in [0.05, 0.1) is 0 Å². The molecule has 0 aromatic rings. The van der Waals surface area contributed by atoms with Crippen molar-refractivity contribution in [1.82, 2.24) is 0 Å². The highest BCUT2D eigenvalue weighted by atomic mass is 13.8. The van der Waals surface area contributed by atoms with Gasteiger partial charge in [-0.25, -0.2) is 0 Å². The molecule has 0 heterocycles. The summed E-state index contributed by atoms with van der Waals surface area (Å²) in [7, 11) is 0. The van der Waals surface area contributed by atoms with Crippen LogP contribution in [0, 0.1) is 0 Å². The molecule has 0 saturated carbocycles. The SMILES string of the molecule is C1=CC/C=C/C/C=C/CC/C=C/C=C\1. The third kappa shape index (κ3) is 6.24. The highest BCUT2D eigenvalue weighted by molar-refractivity contribution is 5.12. The summed E-state index contributed by atoms with van der Waals surface area (Å²) in [6.07, 6.45) is 26.0. The quantitative estimate of drug-likeness (QED) is 0.494. The largest absolute Gasteiger partial charge is 0.0879 e. The Morgan fingerprint density at radius 3 is 1.86 bits per heavy atom. The summed E-state index contributed by atoms with van der Waals surface area (Å²) in [5, 5.41) is 0. The second kappa shape index (κ2) is 8.31. The zero-order chi connectivity index (χ0) is 9.90. The van der Waals surface area contributed by atoms with Gasteiger partial charge in [-0.2, -0.15) is 0 Å². The molecule has 0 spiro atoms. The maximum atomic E-state index is 2.25. The van der Waals surface area contributed by atoms with E-state index < -0.39 is 0 Å². The van der Waals surface area contributed by atoms with E-state index in [1.54, 1.807) is 0 Å². The topological polar surface area (TPSA) is 0 Å². The van der Waals surface area contributed by atoms with E-state index in [4.69, 9.17) is 0 Å². The Bertz CT molecular complexity index is 262. The van der Waals surface area contributed by atoms with Gasteiger partial charge in [-0.05, 0) is 25.7 Å². The number of allylic oxidation sites excluding steroid dienone is 10. The van der Waals surface area contributed by atoms with E-state index in [0.29, 0.717) is 0 Å². The van der Waals surface area contributed by atoms with Crippen molar-refractivity contribution in [3.05, 3.63) is 60.8 Å². The van der Waals surface area contributed by atoms with Crippen molar-refractivity contribution in [2.75, 3.05) is 0 Å². The summed E-state index contributed by atoms with van der Waals surface area (Å²) < 4.78 is 0. The minimum atomic E-state index is 1.03. The average Bonchev–Trinajstić information content (AvgIpc) is 2.22. The zero-order valence-electron chi connectivity index (χ0n) is 8.60. The Morgan fingerprint density at radius 1 is 0.429 bits per heavy atom. The molecule has 0 aliphatic heterocycles. The third-order valence-corrected chi connectivity index (χ3v) is 1.98. The van der Waals surface area contributed by atoms with Gasteiger partial charge >= 0.3 is 0 Å². The van der Waals surface area contributed by atoms with Gasteiger partial charge in [0.1, 0.15) is 0 Å². The van der Waals surface area contributed by atoms with Crippen LogP contribution in [0.5, 0.6) is 0 Å². The van der Waals surface area contributed by atoms with E-state index in [-0.39, 0.29) is 0 Å². The first-order valence-corrected chi connectivity index (χ1v) is 5.28. The molecule has 1 aliphatic rings. The Morgan fingerprint density at radius 2 is 1.00 bits per heavy atom. The molecule has 74 valence electrons. The van der Waals surface area contributed by atoms with Crippen molar-refractivity contribution in [1.29, 1.82) is 0 Å². The molecule has 0 aromatic carbocycles. The first-order chi connectivity index (χ1) is 7.00. The molecule has 0 bridgehead atoms. The van der Waals surface area contributed by atoms with Crippen molar-refractivity contribution < 1.29 is 0 Å². The number of rotatable bonds is 0. The van der Waals surface area contributed by atoms with Crippen molar-refractivity contribution >= 4 is 0 Å². The molecule has 0 heteroatoms. The fourth-order valence-electron chi connectivity index (χ4n) is 1.22. The number of hydrogen-bond donors (Lipinski definition) is 0. The summed E-state index contributed by atoms with van der Waals surface area (Å²) in [6, 6.07) is 0. The lowest BCUT2D eigenvalue weighted by atomic mass is 10.2. The van der Waals surface area contributed by atoms with E-state index in [0.717, 1.165) is 25.7 Å². The molecule has 0 atom stereocenters. The van der Waals surface area contributed by atoms with Crippen LogP contribution in [0.1, 0.15) is 25.7 Å². The van der Waals surface area contributed by atoms with E-state index in [2.05, 4.69) is 60.8 Å². The Balaban J connectivity index is 2.45. The minimum Gasteiger partial charge on any atom is -0.0879 e. The van der Waals surface area contributed by atoms with Gasteiger partial charge < -0.3 is 0 Å². The van der Waals surface area contributed by atoms with Gasteiger partial charge in [0.15, 0.2) is 0 Å². The van der Waals surface area contributed by atoms with Crippen LogP contribution in [-0.2, 0) is 0 Å². The van der Waals surface area contributed by atoms with Crippen LogP contribution in [0.25, 0.3) is 0 Å². The highest BCUT2D eigenvalue weighted by Crippen LogP contribution is 1.97. The van der Waals surface area contributed by atoms with E-state index in [1.807, 2.05) is 0 Å². The molecular formula is C14H18. The standard InChI is InChI=1S/C14H18/c1-2-4-6-8-10-12-14-13-11-9-7-5-3-1/h1-6,9,11-12,14H,7-8,10,13H2/b2-1-,5-3?,6-4+,11-9+,14-12+. The second-order valence-electron chi connectivity index (χ2n) is 3.23. The van der Waals surface area contributed by atoms with Crippen LogP contribution >= 0.6 is 0 Å². The third-order valence-electron chi connectivity index (χ3n) is 1.98. The van der Waals surface area contributed by atoms with Gasteiger partial charge in [-0.3, -0.25) is 0 Å². The summed E-state index contributed by atoms with van der Waals surface area (Å²) in [4.78, 5) is 0. The fraction of sp³-hybridized carbons (Fsp3) is 0.286. The van der Waals surface area contributed by atoms with Gasteiger partial charge in [0, 0.05) is 0 Å². The number of hydrogen-bond acceptors (Lipinski definition) is 0. The van der Waals surface area contributed by atoms with Crippen LogP contribution < -0.4 is 0 Å². The molecule has 0 aromatic heterocycles. The summed E-state index contributed by atoms with van der Waals surface area (Å²) in [6.45, 7) is 0. The van der Waals surface area contributed by atoms with Crippen molar-refractivity contribution in [3.8, 4) is 0 Å². The lowest BCUT2D eigenvalue weighted by Crippen LogP contribution is -1.66. The van der Waals surface area contributed by atoms with Gasteiger partial charge in [-0.15, -0.1) is 0 Å². The minimum absolute atomic E-state index is 1.03. The van der Waals surface area contributed by atoms with E-state index >= 15 is 0 Å². The molecular weight excluding hydrogens is 168 g/mol. The molecule has 0 radical (unpaired) electrons. The van der Waals surface area contributed by atoms with Crippen molar-refractivity contribution in [2.24, 2.45) is 0 Å². The summed E-state index contributed by atoms with van der Waals surface area (Å²) >= 11 is 0. The van der Waals surface area contributed by atoms with Crippen molar-refractivity contribution in [2.45, 2.75) is 25.7 Å². The normalized spacial score (nSPS) is 27.4. The lowest BCUT2D eigenvalue weighted by Gasteiger charge is -1.87. The summed E-state index contributed by atoms with van der Waals surface area (Å²) in [5.74, 6) is 0. The Kier molecular flexibility index (Phi) is 6.39. The highest BCUT2D eigenvalue weighted by Gasteiger charge is 1.77.